The fourth-order valence-corrected chi connectivity index (χ4v) is 2.37. The number of aryl methyl sites for hydroxylation is 1. The molecule has 2 aromatic heterocycles. The molecule has 2 N–H and O–H groups in total. The van der Waals surface area contributed by atoms with Gasteiger partial charge in [0.15, 0.2) is 0 Å². The van der Waals surface area contributed by atoms with Crippen LogP contribution in [0.15, 0.2) is 30.6 Å². The zero-order valence-electron chi connectivity index (χ0n) is 8.03. The van der Waals surface area contributed by atoms with Crippen molar-refractivity contribution in [2.75, 3.05) is 0 Å². The predicted molar refractivity (Wildman–Crippen MR) is 58.6 cm³/mol. The molecule has 0 saturated heterocycles. The Labute approximate surface area is 87.2 Å². The number of aromatic amines is 1. The van der Waals surface area contributed by atoms with Gasteiger partial charge >= 0.3 is 0 Å². The van der Waals surface area contributed by atoms with Crippen LogP contribution in [-0.2, 0) is 6.42 Å². The van der Waals surface area contributed by atoms with Crippen molar-refractivity contribution in [1.29, 1.82) is 0 Å². The monoisotopic (exact) mass is 207 g/mol. The highest BCUT2D eigenvalue weighted by Crippen LogP contribution is 2.28. The van der Waals surface area contributed by atoms with E-state index < -0.39 is 6.10 Å². The fourth-order valence-electron chi connectivity index (χ4n) is 1.40. The van der Waals surface area contributed by atoms with Gasteiger partial charge in [-0.3, -0.25) is 0 Å². The summed E-state index contributed by atoms with van der Waals surface area (Å²) in [6.07, 6.45) is 4.21. The second-order valence-corrected chi connectivity index (χ2v) is 4.40. The van der Waals surface area contributed by atoms with Crippen molar-refractivity contribution in [1.82, 2.24) is 4.98 Å². The summed E-state index contributed by atoms with van der Waals surface area (Å²) in [6.45, 7) is 2.12. The minimum atomic E-state index is -0.480. The molecule has 1 atom stereocenters. The molecule has 2 heterocycles. The van der Waals surface area contributed by atoms with E-state index in [4.69, 9.17) is 0 Å². The highest BCUT2D eigenvalue weighted by Gasteiger charge is 2.12. The first-order valence-corrected chi connectivity index (χ1v) is 5.52. The third-order valence-electron chi connectivity index (χ3n) is 2.24. The first-order chi connectivity index (χ1) is 6.81. The third kappa shape index (κ3) is 1.74. The zero-order chi connectivity index (χ0) is 9.97. The van der Waals surface area contributed by atoms with Gasteiger partial charge in [-0.05, 0) is 24.6 Å². The van der Waals surface area contributed by atoms with Crippen molar-refractivity contribution in [3.63, 3.8) is 0 Å². The molecule has 0 aliphatic heterocycles. The molecule has 0 aliphatic carbocycles. The van der Waals surface area contributed by atoms with Gasteiger partial charge < -0.3 is 10.1 Å². The van der Waals surface area contributed by atoms with Crippen LogP contribution in [0.5, 0.6) is 0 Å². The Hall–Kier alpha value is -1.06. The molecular weight excluding hydrogens is 194 g/mol. The van der Waals surface area contributed by atoms with Gasteiger partial charge in [0, 0.05) is 27.7 Å². The smallest absolute Gasteiger partial charge is 0.115 e. The first-order valence-electron chi connectivity index (χ1n) is 4.70. The third-order valence-corrected chi connectivity index (χ3v) is 3.52. The number of hydrogen-bond donors (Lipinski definition) is 2. The molecule has 0 radical (unpaired) electrons. The molecule has 1 unspecified atom stereocenters. The van der Waals surface area contributed by atoms with Gasteiger partial charge in [-0.15, -0.1) is 11.3 Å². The van der Waals surface area contributed by atoms with Gasteiger partial charge in [0.2, 0.25) is 0 Å². The summed E-state index contributed by atoms with van der Waals surface area (Å²) in [7, 11) is 0. The number of aliphatic hydroxyl groups is 1. The number of hydrogen-bond acceptors (Lipinski definition) is 2. The van der Waals surface area contributed by atoms with Crippen molar-refractivity contribution in [2.45, 2.75) is 19.4 Å². The van der Waals surface area contributed by atoms with Crippen molar-refractivity contribution in [2.24, 2.45) is 0 Å². The lowest BCUT2D eigenvalue weighted by Crippen LogP contribution is -1.93. The number of nitrogens with one attached hydrogen (secondary N) is 1. The summed E-state index contributed by atoms with van der Waals surface area (Å²) in [6, 6.07) is 5.98. The van der Waals surface area contributed by atoms with Crippen LogP contribution in [0.1, 0.15) is 28.3 Å². The van der Waals surface area contributed by atoms with E-state index >= 15 is 0 Å². The summed E-state index contributed by atoms with van der Waals surface area (Å²) in [4.78, 5) is 5.28. The molecule has 2 aromatic rings. The minimum absolute atomic E-state index is 0.480. The Morgan fingerprint density at radius 2 is 2.29 bits per heavy atom. The normalized spacial score (nSPS) is 13.0. The zero-order valence-corrected chi connectivity index (χ0v) is 8.84. The molecule has 2 rings (SSSR count). The van der Waals surface area contributed by atoms with Crippen LogP contribution >= 0.6 is 11.3 Å². The van der Waals surface area contributed by atoms with Crippen LogP contribution in [0.4, 0.5) is 0 Å². The van der Waals surface area contributed by atoms with Crippen LogP contribution in [-0.4, -0.2) is 10.1 Å². The molecule has 74 valence electrons. The lowest BCUT2D eigenvalue weighted by Gasteiger charge is -2.04. The molecule has 2 nitrogen and oxygen atoms in total. The fraction of sp³-hybridized carbons (Fsp3) is 0.273. The molecule has 0 aromatic carbocycles. The highest BCUT2D eigenvalue weighted by atomic mass is 32.1. The number of thiophene rings is 1. The van der Waals surface area contributed by atoms with E-state index in [1.807, 2.05) is 24.5 Å². The lowest BCUT2D eigenvalue weighted by atomic mass is 10.1. The van der Waals surface area contributed by atoms with Crippen molar-refractivity contribution in [3.05, 3.63) is 45.9 Å². The van der Waals surface area contributed by atoms with Gasteiger partial charge in [0.1, 0.15) is 6.10 Å². The molecule has 0 bridgehead atoms. The molecule has 3 heteroatoms. The second-order valence-electron chi connectivity index (χ2n) is 3.20. The molecule has 0 fully saturated rings. The summed E-state index contributed by atoms with van der Waals surface area (Å²) in [5, 5.41) is 9.98. The Balaban J connectivity index is 2.23. The molecule has 0 aliphatic rings. The van der Waals surface area contributed by atoms with Crippen LogP contribution < -0.4 is 0 Å². The average molecular weight is 207 g/mol. The van der Waals surface area contributed by atoms with Gasteiger partial charge in [-0.1, -0.05) is 6.92 Å². The Kier molecular flexibility index (Phi) is 2.70. The van der Waals surface area contributed by atoms with Gasteiger partial charge in [-0.2, -0.15) is 0 Å². The molecule has 14 heavy (non-hydrogen) atoms. The van der Waals surface area contributed by atoms with Crippen molar-refractivity contribution in [3.8, 4) is 0 Å². The number of aliphatic hydroxyl groups excluding tert-OH is 1. The largest absolute Gasteiger partial charge is 0.383 e. The Bertz CT molecular complexity index is 391. The standard InChI is InChI=1S/C11H13NOS/c1-2-9-3-4-10(14-9)11(13)8-5-6-12-7-8/h3-7,11-13H,2H2,1H3. The van der Waals surface area contributed by atoms with Crippen LogP contribution in [0.2, 0.25) is 0 Å². The molecule has 0 saturated carbocycles. The molecular formula is C11H13NOS. The van der Waals surface area contributed by atoms with E-state index in [9.17, 15) is 5.11 Å². The summed E-state index contributed by atoms with van der Waals surface area (Å²) < 4.78 is 0. The SMILES string of the molecule is CCc1ccc(C(O)c2cc[nH]c2)s1. The Morgan fingerprint density at radius 1 is 1.43 bits per heavy atom. The molecule has 0 spiro atoms. The van der Waals surface area contributed by atoms with Gasteiger partial charge in [0.25, 0.3) is 0 Å². The topological polar surface area (TPSA) is 36.0 Å². The molecule has 0 amide bonds. The van der Waals surface area contributed by atoms with Crippen LogP contribution in [0, 0.1) is 0 Å². The van der Waals surface area contributed by atoms with E-state index in [1.165, 1.54) is 4.88 Å². The Morgan fingerprint density at radius 3 is 2.86 bits per heavy atom. The number of H-pyrrole nitrogens is 1. The summed E-state index contributed by atoms with van der Waals surface area (Å²) in [5.41, 5.74) is 0.925. The van der Waals surface area contributed by atoms with E-state index in [1.54, 1.807) is 11.3 Å². The maximum Gasteiger partial charge on any atom is 0.115 e. The first kappa shape index (κ1) is 9.49. The quantitative estimate of drug-likeness (QED) is 0.797. The van der Waals surface area contributed by atoms with Crippen LogP contribution in [0.3, 0.4) is 0 Å². The average Bonchev–Trinajstić information content (AvgIpc) is 2.88. The van der Waals surface area contributed by atoms with E-state index in [0.29, 0.717) is 0 Å². The second kappa shape index (κ2) is 3.98. The number of rotatable bonds is 3. The number of aromatic nitrogens is 1. The van der Waals surface area contributed by atoms with E-state index in [2.05, 4.69) is 18.0 Å². The van der Waals surface area contributed by atoms with Gasteiger partial charge in [0.05, 0.1) is 0 Å². The maximum absolute atomic E-state index is 9.98. The minimum Gasteiger partial charge on any atom is -0.383 e. The summed E-state index contributed by atoms with van der Waals surface area (Å²) in [5.74, 6) is 0. The van der Waals surface area contributed by atoms with Crippen molar-refractivity contribution >= 4 is 11.3 Å². The maximum atomic E-state index is 9.98. The van der Waals surface area contributed by atoms with E-state index in [0.717, 1.165) is 16.9 Å². The van der Waals surface area contributed by atoms with E-state index in [-0.39, 0.29) is 0 Å². The van der Waals surface area contributed by atoms with Crippen molar-refractivity contribution < 1.29 is 5.11 Å². The lowest BCUT2D eigenvalue weighted by molar-refractivity contribution is 0.224. The highest BCUT2D eigenvalue weighted by molar-refractivity contribution is 7.12. The van der Waals surface area contributed by atoms with Gasteiger partial charge in [-0.25, -0.2) is 0 Å². The summed E-state index contributed by atoms with van der Waals surface area (Å²) >= 11 is 1.68. The van der Waals surface area contributed by atoms with Crippen LogP contribution in [0.25, 0.3) is 0 Å². The predicted octanol–water partition coefficient (Wildman–Crippen LogP) is 2.72.